The second kappa shape index (κ2) is 33.7. The van der Waals surface area contributed by atoms with Crippen LogP contribution >= 0.6 is 0 Å². The first kappa shape index (κ1) is 45.0. The lowest BCUT2D eigenvalue weighted by molar-refractivity contribution is -0.953. The van der Waals surface area contributed by atoms with Gasteiger partial charge in [0.15, 0.2) is 0 Å². The van der Waals surface area contributed by atoms with Gasteiger partial charge in [-0.25, -0.2) is 0 Å². The van der Waals surface area contributed by atoms with Crippen LogP contribution in [-0.2, 0) is 13.1 Å². The van der Waals surface area contributed by atoms with E-state index in [-0.39, 0.29) is 0 Å². The van der Waals surface area contributed by atoms with Crippen molar-refractivity contribution >= 4 is 0 Å². The van der Waals surface area contributed by atoms with Crippen LogP contribution in [0, 0.1) is 0 Å². The number of allylic oxidation sites excluding steroid dienone is 2. The highest BCUT2D eigenvalue weighted by Gasteiger charge is 2.27. The summed E-state index contributed by atoms with van der Waals surface area (Å²) in [6.07, 6.45) is 49.0. The van der Waals surface area contributed by atoms with Crippen LogP contribution in [0.4, 0.5) is 0 Å². The highest BCUT2D eigenvalue weighted by atomic mass is 15.3. The molecular weight excluding hydrogens is 615 g/mol. The summed E-state index contributed by atoms with van der Waals surface area (Å²) in [5, 5.41) is 0. The molecule has 1 heteroatoms. The molecule has 0 amide bonds. The van der Waals surface area contributed by atoms with E-state index in [1.807, 2.05) is 0 Å². The van der Waals surface area contributed by atoms with Crippen LogP contribution in [0.2, 0.25) is 0 Å². The number of hydrogen-bond donors (Lipinski definition) is 0. The molecule has 0 atom stereocenters. The summed E-state index contributed by atoms with van der Waals surface area (Å²) in [4.78, 5) is 0. The van der Waals surface area contributed by atoms with Crippen molar-refractivity contribution in [3.05, 3.63) is 96.1 Å². The van der Waals surface area contributed by atoms with Crippen LogP contribution in [0.1, 0.15) is 205 Å². The lowest BCUT2D eigenvalue weighted by atomic mass is 10.0. The summed E-state index contributed by atoms with van der Waals surface area (Å²) in [5.41, 5.74) is 2.93. The van der Waals surface area contributed by atoms with Gasteiger partial charge in [-0.1, -0.05) is 240 Å². The molecule has 0 unspecified atom stereocenters. The van der Waals surface area contributed by atoms with E-state index in [9.17, 15) is 0 Å². The predicted octanol–water partition coefficient (Wildman–Crippen LogP) is 16.3. The maximum atomic E-state index is 2.50. The van der Waals surface area contributed by atoms with Crippen molar-refractivity contribution in [1.82, 2.24) is 0 Å². The fraction of sp³-hybridized carbons (Fsp3) is 0.680. The van der Waals surface area contributed by atoms with E-state index in [4.69, 9.17) is 0 Å². The van der Waals surface area contributed by atoms with Gasteiger partial charge in [0.05, 0.1) is 13.1 Å². The van der Waals surface area contributed by atoms with Crippen molar-refractivity contribution in [2.75, 3.05) is 13.1 Å². The fourth-order valence-electron chi connectivity index (χ4n) is 7.80. The number of unbranched alkanes of at least 4 members (excludes halogenated alkanes) is 24. The molecule has 0 aliphatic carbocycles. The van der Waals surface area contributed by atoms with Gasteiger partial charge in [-0.3, -0.25) is 0 Å². The third kappa shape index (κ3) is 26.3. The van der Waals surface area contributed by atoms with Gasteiger partial charge in [0.25, 0.3) is 0 Å². The lowest BCUT2D eigenvalue weighted by Crippen LogP contribution is -2.47. The highest BCUT2D eigenvalue weighted by molar-refractivity contribution is 5.15. The maximum Gasteiger partial charge on any atom is 0.105 e. The number of benzene rings is 2. The van der Waals surface area contributed by atoms with E-state index < -0.39 is 0 Å². The summed E-state index contributed by atoms with van der Waals surface area (Å²) in [6, 6.07) is 22.5. The van der Waals surface area contributed by atoms with Crippen LogP contribution in [0.3, 0.4) is 0 Å². The van der Waals surface area contributed by atoms with Crippen molar-refractivity contribution < 1.29 is 4.48 Å². The van der Waals surface area contributed by atoms with Gasteiger partial charge in [-0.2, -0.15) is 0 Å². The Bertz CT molecular complexity index is 952. The first-order valence-electron chi connectivity index (χ1n) is 22.5. The molecule has 0 aliphatic rings. The van der Waals surface area contributed by atoms with E-state index >= 15 is 0 Å². The molecule has 0 fully saturated rings. The first-order valence-corrected chi connectivity index (χ1v) is 22.5. The smallest absolute Gasteiger partial charge is 0.105 e. The second-order valence-electron chi connectivity index (χ2n) is 16.0. The first-order chi connectivity index (χ1) is 25.3. The number of quaternary nitrogens is 1. The number of hydrogen-bond acceptors (Lipinski definition) is 0. The molecule has 288 valence electrons. The van der Waals surface area contributed by atoms with Crippen LogP contribution < -0.4 is 0 Å². The third-order valence-corrected chi connectivity index (χ3v) is 11.0. The quantitative estimate of drug-likeness (QED) is 0.0377. The Morgan fingerprint density at radius 3 is 0.922 bits per heavy atom. The zero-order chi connectivity index (χ0) is 36.2. The van der Waals surface area contributed by atoms with E-state index in [1.54, 1.807) is 0 Å². The molecule has 0 aliphatic heterocycles. The van der Waals surface area contributed by atoms with Gasteiger partial charge in [-0.05, 0) is 25.7 Å². The van der Waals surface area contributed by atoms with Crippen LogP contribution in [0.25, 0.3) is 0 Å². The van der Waals surface area contributed by atoms with Gasteiger partial charge < -0.3 is 4.48 Å². The molecule has 0 aromatic heterocycles. The Kier molecular flexibility index (Phi) is 29.8. The molecule has 0 radical (unpaired) electrons. The monoisotopic (exact) mass is 699 g/mol. The van der Waals surface area contributed by atoms with E-state index in [0.29, 0.717) is 0 Å². The van der Waals surface area contributed by atoms with Crippen molar-refractivity contribution in [2.24, 2.45) is 0 Å². The number of rotatable bonds is 36. The molecule has 1 nitrogen and oxygen atoms in total. The van der Waals surface area contributed by atoms with Crippen LogP contribution in [0.5, 0.6) is 0 Å². The topological polar surface area (TPSA) is 0 Å². The SMILES string of the molecule is CCCCCCCCCCCCCC/C=C/CC[N+](CC/C=C/CCCCCCCCCCCCCC)(Cc1ccccc1)Cc1ccccc1. The van der Waals surface area contributed by atoms with Crippen molar-refractivity contribution in [3.63, 3.8) is 0 Å². The molecule has 51 heavy (non-hydrogen) atoms. The van der Waals surface area contributed by atoms with Crippen molar-refractivity contribution in [1.29, 1.82) is 0 Å². The fourth-order valence-corrected chi connectivity index (χ4v) is 7.80. The normalized spacial score (nSPS) is 12.1. The zero-order valence-electron chi connectivity index (χ0n) is 34.2. The van der Waals surface area contributed by atoms with E-state index in [2.05, 4.69) is 98.8 Å². The summed E-state index contributed by atoms with van der Waals surface area (Å²) < 4.78 is 1.12. The van der Waals surface area contributed by atoms with Gasteiger partial charge in [0, 0.05) is 24.0 Å². The Labute approximate surface area is 319 Å². The minimum Gasteiger partial charge on any atom is -0.316 e. The highest BCUT2D eigenvalue weighted by Crippen LogP contribution is 2.23. The predicted molar refractivity (Wildman–Crippen MR) is 229 cm³/mol. The zero-order valence-corrected chi connectivity index (χ0v) is 34.2. The second-order valence-corrected chi connectivity index (χ2v) is 16.0. The molecule has 0 saturated heterocycles. The Hall–Kier alpha value is -2.12. The minimum absolute atomic E-state index is 1.11. The third-order valence-electron chi connectivity index (χ3n) is 11.0. The molecule has 0 bridgehead atoms. The van der Waals surface area contributed by atoms with E-state index in [1.165, 1.54) is 204 Å². The van der Waals surface area contributed by atoms with Crippen LogP contribution in [0.15, 0.2) is 85.0 Å². The van der Waals surface area contributed by atoms with Gasteiger partial charge >= 0.3 is 0 Å². The standard InChI is InChI=1S/C50H84N/c1-3-5-7-9-11-13-15-17-19-21-23-25-27-29-31-39-45-51(47-49-41-35-33-36-42-49,48-50-43-37-34-38-44-50)46-40-32-30-28-26-24-22-20-18-16-14-12-10-8-6-4-2/h29-38,41-44H,3-28,39-40,45-48H2,1-2H3/q+1/b31-29+,32-30+. The molecule has 0 N–H and O–H groups in total. The molecule has 2 aromatic rings. The van der Waals surface area contributed by atoms with Gasteiger partial charge in [0.2, 0.25) is 0 Å². The average molecular weight is 699 g/mol. The Balaban J connectivity index is 1.74. The summed E-state index contributed by atoms with van der Waals surface area (Å²) in [5.74, 6) is 0. The molecular formula is C50H84N+. The van der Waals surface area contributed by atoms with Crippen molar-refractivity contribution in [2.45, 2.75) is 207 Å². The lowest BCUT2D eigenvalue weighted by Gasteiger charge is -2.39. The molecule has 2 rings (SSSR count). The van der Waals surface area contributed by atoms with Gasteiger partial charge in [0.1, 0.15) is 13.1 Å². The largest absolute Gasteiger partial charge is 0.316 e. The van der Waals surface area contributed by atoms with E-state index in [0.717, 1.165) is 17.6 Å². The Morgan fingerprint density at radius 2 is 0.608 bits per heavy atom. The van der Waals surface area contributed by atoms with Gasteiger partial charge in [-0.15, -0.1) is 0 Å². The summed E-state index contributed by atoms with van der Waals surface area (Å²) in [6.45, 7) is 9.22. The molecule has 2 aromatic carbocycles. The molecule has 0 heterocycles. The van der Waals surface area contributed by atoms with Crippen molar-refractivity contribution in [3.8, 4) is 0 Å². The average Bonchev–Trinajstić information content (AvgIpc) is 3.15. The van der Waals surface area contributed by atoms with Crippen LogP contribution in [-0.4, -0.2) is 17.6 Å². The summed E-state index contributed by atoms with van der Waals surface area (Å²) in [7, 11) is 0. The molecule has 0 spiro atoms. The minimum atomic E-state index is 1.11. The Morgan fingerprint density at radius 1 is 0.333 bits per heavy atom. The number of nitrogens with zero attached hydrogens (tertiary/aromatic N) is 1. The maximum absolute atomic E-state index is 2.50. The summed E-state index contributed by atoms with van der Waals surface area (Å²) >= 11 is 0. The molecule has 0 saturated carbocycles.